The molecule has 14 heavy (non-hydrogen) atoms. The van der Waals surface area contributed by atoms with Crippen LogP contribution in [0.2, 0.25) is 0 Å². The molecule has 72 valence electrons. The minimum atomic E-state index is -1.02. The minimum absolute atomic E-state index is 0.462. The van der Waals surface area contributed by atoms with Crippen LogP contribution in [0.15, 0.2) is 22.8 Å². The van der Waals surface area contributed by atoms with Crippen LogP contribution in [0.5, 0.6) is 0 Å². The molecule has 0 aliphatic carbocycles. The maximum Gasteiger partial charge on any atom is 0.417 e. The summed E-state index contributed by atoms with van der Waals surface area (Å²) in [4.78, 5) is 15.0. The molecule has 5 heteroatoms. The van der Waals surface area contributed by atoms with Gasteiger partial charge >= 0.3 is 6.09 Å². The van der Waals surface area contributed by atoms with Gasteiger partial charge in [-0.15, -0.1) is 0 Å². The molecule has 2 aromatic heterocycles. The van der Waals surface area contributed by atoms with Gasteiger partial charge in [-0.1, -0.05) is 0 Å². The molecule has 0 saturated carbocycles. The highest BCUT2D eigenvalue weighted by atomic mass is 79.9. The van der Waals surface area contributed by atoms with E-state index in [4.69, 9.17) is 5.11 Å². The van der Waals surface area contributed by atoms with Gasteiger partial charge in [0.1, 0.15) is 0 Å². The third-order valence-corrected chi connectivity index (χ3v) is 3.08. The summed E-state index contributed by atoms with van der Waals surface area (Å²) in [6.07, 6.45) is 0.560. The minimum Gasteiger partial charge on any atom is -0.464 e. The van der Waals surface area contributed by atoms with Gasteiger partial charge in [0.2, 0.25) is 0 Å². The van der Waals surface area contributed by atoms with E-state index < -0.39 is 6.09 Å². The van der Waals surface area contributed by atoms with E-state index in [1.54, 1.807) is 19.2 Å². The SMILES string of the molecule is Cc1c(Br)c2cccnc2n1C(=O)O. The molecule has 0 aliphatic rings. The van der Waals surface area contributed by atoms with Crippen molar-refractivity contribution in [2.75, 3.05) is 0 Å². The van der Waals surface area contributed by atoms with Crippen molar-refractivity contribution >= 4 is 33.1 Å². The Morgan fingerprint density at radius 3 is 3.00 bits per heavy atom. The molecule has 0 radical (unpaired) electrons. The van der Waals surface area contributed by atoms with Gasteiger partial charge in [-0.3, -0.25) is 0 Å². The van der Waals surface area contributed by atoms with Crippen molar-refractivity contribution in [3.05, 3.63) is 28.5 Å². The van der Waals surface area contributed by atoms with Crippen molar-refractivity contribution < 1.29 is 9.90 Å². The average molecular weight is 255 g/mol. The summed E-state index contributed by atoms with van der Waals surface area (Å²) >= 11 is 3.35. The first-order chi connectivity index (χ1) is 6.63. The van der Waals surface area contributed by atoms with Gasteiger partial charge in [0.15, 0.2) is 5.65 Å². The number of hydrogen-bond donors (Lipinski definition) is 1. The smallest absolute Gasteiger partial charge is 0.417 e. The molecule has 1 N–H and O–H groups in total. The zero-order valence-corrected chi connectivity index (χ0v) is 8.95. The summed E-state index contributed by atoms with van der Waals surface area (Å²) in [5.74, 6) is 0. The van der Waals surface area contributed by atoms with Crippen molar-refractivity contribution in [2.24, 2.45) is 0 Å². The zero-order chi connectivity index (χ0) is 10.3. The van der Waals surface area contributed by atoms with Crippen LogP contribution in [0.4, 0.5) is 4.79 Å². The van der Waals surface area contributed by atoms with E-state index in [-0.39, 0.29) is 0 Å². The number of rotatable bonds is 0. The molecule has 2 rings (SSSR count). The molecule has 0 bridgehead atoms. The predicted octanol–water partition coefficient (Wildman–Crippen LogP) is 2.63. The lowest BCUT2D eigenvalue weighted by Gasteiger charge is -1.98. The van der Waals surface area contributed by atoms with E-state index in [9.17, 15) is 4.79 Å². The normalized spacial score (nSPS) is 10.7. The van der Waals surface area contributed by atoms with E-state index in [2.05, 4.69) is 20.9 Å². The Bertz CT molecular complexity index is 519. The van der Waals surface area contributed by atoms with Crippen LogP contribution in [0, 0.1) is 6.92 Å². The Morgan fingerprint density at radius 1 is 1.64 bits per heavy atom. The summed E-state index contributed by atoms with van der Waals surface area (Å²) in [5, 5.41) is 9.79. The molecular formula is C9H7BrN2O2. The molecule has 2 aromatic rings. The van der Waals surface area contributed by atoms with E-state index in [0.717, 1.165) is 9.86 Å². The number of carbonyl (C=O) groups is 1. The predicted molar refractivity (Wildman–Crippen MR) is 55.6 cm³/mol. The lowest BCUT2D eigenvalue weighted by atomic mass is 10.3. The average Bonchev–Trinajstić information content (AvgIpc) is 2.41. The van der Waals surface area contributed by atoms with Crippen molar-refractivity contribution in [3.8, 4) is 0 Å². The van der Waals surface area contributed by atoms with Gasteiger partial charge in [-0.25, -0.2) is 14.3 Å². The molecule has 0 saturated heterocycles. The third-order valence-electron chi connectivity index (χ3n) is 2.08. The summed E-state index contributed by atoms with van der Waals surface area (Å²) in [7, 11) is 0. The highest BCUT2D eigenvalue weighted by Crippen LogP contribution is 2.28. The van der Waals surface area contributed by atoms with Crippen LogP contribution in [0.1, 0.15) is 5.69 Å². The molecule has 4 nitrogen and oxygen atoms in total. The summed E-state index contributed by atoms with van der Waals surface area (Å²) in [5.41, 5.74) is 1.11. The quantitative estimate of drug-likeness (QED) is 0.787. The summed E-state index contributed by atoms with van der Waals surface area (Å²) in [6, 6.07) is 3.61. The fourth-order valence-corrected chi connectivity index (χ4v) is 1.92. The maximum atomic E-state index is 11.0. The van der Waals surface area contributed by atoms with Gasteiger partial charge < -0.3 is 5.11 Å². The second-order valence-electron chi connectivity index (χ2n) is 2.89. The number of halogens is 1. The van der Waals surface area contributed by atoms with Gasteiger partial charge in [-0.05, 0) is 35.0 Å². The van der Waals surface area contributed by atoms with Gasteiger partial charge in [0.25, 0.3) is 0 Å². The lowest BCUT2D eigenvalue weighted by molar-refractivity contribution is 0.197. The van der Waals surface area contributed by atoms with Crippen LogP contribution in [-0.4, -0.2) is 20.8 Å². The molecule has 2 heterocycles. The van der Waals surface area contributed by atoms with Crippen LogP contribution in [0.3, 0.4) is 0 Å². The number of hydrogen-bond acceptors (Lipinski definition) is 2. The van der Waals surface area contributed by atoms with Gasteiger partial charge in [-0.2, -0.15) is 0 Å². The summed E-state index contributed by atoms with van der Waals surface area (Å²) < 4.78 is 1.95. The van der Waals surface area contributed by atoms with Crippen LogP contribution >= 0.6 is 15.9 Å². The van der Waals surface area contributed by atoms with Crippen LogP contribution in [-0.2, 0) is 0 Å². The fraction of sp³-hybridized carbons (Fsp3) is 0.111. The highest BCUT2D eigenvalue weighted by Gasteiger charge is 2.16. The highest BCUT2D eigenvalue weighted by molar-refractivity contribution is 9.10. The second kappa shape index (κ2) is 3.09. The molecule has 0 aromatic carbocycles. The lowest BCUT2D eigenvalue weighted by Crippen LogP contribution is -2.09. The Kier molecular flexibility index (Phi) is 2.03. The van der Waals surface area contributed by atoms with E-state index >= 15 is 0 Å². The fourth-order valence-electron chi connectivity index (χ4n) is 1.43. The first kappa shape index (κ1) is 9.21. The molecule has 0 atom stereocenters. The largest absolute Gasteiger partial charge is 0.464 e. The van der Waals surface area contributed by atoms with Crippen molar-refractivity contribution in [3.63, 3.8) is 0 Å². The molecular weight excluding hydrogens is 248 g/mol. The van der Waals surface area contributed by atoms with Gasteiger partial charge in [0.05, 0.1) is 0 Å². The molecule has 0 spiro atoms. The topological polar surface area (TPSA) is 55.1 Å². The first-order valence-electron chi connectivity index (χ1n) is 3.97. The standard InChI is InChI=1S/C9H7BrN2O2/c1-5-7(10)6-3-2-4-11-8(6)12(5)9(13)14/h2-4H,1H3,(H,13,14). The number of carboxylic acid groups (broad SMARTS) is 1. The van der Waals surface area contributed by atoms with Crippen molar-refractivity contribution in [2.45, 2.75) is 6.92 Å². The molecule has 0 amide bonds. The Hall–Kier alpha value is -1.36. The van der Waals surface area contributed by atoms with Crippen LogP contribution < -0.4 is 0 Å². The maximum absolute atomic E-state index is 11.0. The summed E-state index contributed by atoms with van der Waals surface area (Å²) in [6.45, 7) is 1.74. The van der Waals surface area contributed by atoms with Crippen molar-refractivity contribution in [1.82, 2.24) is 9.55 Å². The monoisotopic (exact) mass is 254 g/mol. The Labute approximate surface area is 88.3 Å². The van der Waals surface area contributed by atoms with E-state index in [1.165, 1.54) is 4.57 Å². The number of nitrogens with zero attached hydrogens (tertiary/aromatic N) is 2. The van der Waals surface area contributed by atoms with E-state index in [1.807, 2.05) is 6.07 Å². The number of pyridine rings is 1. The Morgan fingerprint density at radius 2 is 2.36 bits per heavy atom. The van der Waals surface area contributed by atoms with E-state index in [0.29, 0.717) is 11.3 Å². The number of aromatic nitrogens is 2. The zero-order valence-electron chi connectivity index (χ0n) is 7.36. The number of fused-ring (bicyclic) bond motifs is 1. The molecule has 0 fully saturated rings. The molecule has 0 unspecified atom stereocenters. The van der Waals surface area contributed by atoms with Crippen molar-refractivity contribution in [1.29, 1.82) is 0 Å². The second-order valence-corrected chi connectivity index (χ2v) is 3.68. The Balaban J connectivity index is 2.95. The molecule has 0 aliphatic heterocycles. The first-order valence-corrected chi connectivity index (χ1v) is 4.77. The van der Waals surface area contributed by atoms with Gasteiger partial charge in [0, 0.05) is 21.7 Å². The third kappa shape index (κ3) is 1.13. The van der Waals surface area contributed by atoms with Crippen LogP contribution in [0.25, 0.3) is 11.0 Å².